The van der Waals surface area contributed by atoms with Crippen LogP contribution in [0.4, 0.5) is 17.3 Å². The lowest BCUT2D eigenvalue weighted by Gasteiger charge is -2.36. The van der Waals surface area contributed by atoms with Crippen molar-refractivity contribution < 1.29 is 5.11 Å². The highest BCUT2D eigenvalue weighted by molar-refractivity contribution is 6.36. The van der Waals surface area contributed by atoms with Crippen LogP contribution in [0, 0.1) is 13.8 Å². The van der Waals surface area contributed by atoms with E-state index < -0.39 is 0 Å². The monoisotopic (exact) mass is 479 g/mol. The number of rotatable bonds is 5. The number of benzene rings is 1. The SMILES string of the molecule is Cc1nn(-c2ccnc(Nc3ccc4c(c3)c(Cl)c(C)n4C)n2)cc1N(C)[C@H]1CCCC[C@@H]1O. The van der Waals surface area contributed by atoms with Crippen molar-refractivity contribution in [2.45, 2.75) is 51.7 Å². The fourth-order valence-corrected chi connectivity index (χ4v) is 5.19. The van der Waals surface area contributed by atoms with E-state index in [1.54, 1.807) is 10.9 Å². The fraction of sp³-hybridized carbons (Fsp3) is 0.400. The molecule has 178 valence electrons. The second kappa shape index (κ2) is 8.92. The molecule has 2 N–H and O–H groups in total. The van der Waals surface area contributed by atoms with Crippen molar-refractivity contribution in [1.29, 1.82) is 0 Å². The van der Waals surface area contributed by atoms with Gasteiger partial charge in [-0.25, -0.2) is 9.67 Å². The summed E-state index contributed by atoms with van der Waals surface area (Å²) >= 11 is 6.52. The number of fused-ring (bicyclic) bond motifs is 1. The number of likely N-dealkylation sites (N-methyl/N-ethyl adjacent to an activating group) is 1. The van der Waals surface area contributed by atoms with Crippen LogP contribution in [0.3, 0.4) is 0 Å². The number of hydrogen-bond acceptors (Lipinski definition) is 6. The Bertz CT molecular complexity index is 1340. The van der Waals surface area contributed by atoms with Crippen molar-refractivity contribution in [3.05, 3.63) is 53.1 Å². The smallest absolute Gasteiger partial charge is 0.229 e. The van der Waals surface area contributed by atoms with E-state index >= 15 is 0 Å². The van der Waals surface area contributed by atoms with Crippen LogP contribution in [0.15, 0.2) is 36.7 Å². The van der Waals surface area contributed by atoms with Gasteiger partial charge in [0.1, 0.15) is 0 Å². The molecule has 0 bridgehead atoms. The molecule has 3 aromatic heterocycles. The zero-order valence-electron chi connectivity index (χ0n) is 20.0. The highest BCUT2D eigenvalue weighted by atomic mass is 35.5. The molecule has 0 amide bonds. The Kier molecular flexibility index (Phi) is 5.95. The van der Waals surface area contributed by atoms with Crippen molar-refractivity contribution in [2.75, 3.05) is 17.3 Å². The van der Waals surface area contributed by atoms with Crippen molar-refractivity contribution in [1.82, 2.24) is 24.3 Å². The first-order chi connectivity index (χ1) is 16.3. The van der Waals surface area contributed by atoms with E-state index in [1.165, 1.54) is 0 Å². The Labute approximate surface area is 204 Å². The molecule has 1 aliphatic rings. The lowest BCUT2D eigenvalue weighted by atomic mass is 9.91. The predicted octanol–water partition coefficient (Wildman–Crippen LogP) is 4.91. The summed E-state index contributed by atoms with van der Waals surface area (Å²) in [5, 5.41) is 20.2. The van der Waals surface area contributed by atoms with E-state index in [-0.39, 0.29) is 12.1 Å². The lowest BCUT2D eigenvalue weighted by molar-refractivity contribution is 0.106. The first-order valence-corrected chi connectivity index (χ1v) is 12.0. The standard InChI is InChI=1S/C25H30ClN7O/c1-15-21(32(4)20-7-5-6-8-22(20)34)14-33(30-15)23-11-12-27-25(29-23)28-17-9-10-19-18(13-17)24(26)16(2)31(19)3/h9-14,20,22,34H,5-8H2,1-4H3,(H,27,28,29)/t20-,22-/m0/s1. The highest BCUT2D eigenvalue weighted by Gasteiger charge is 2.28. The maximum absolute atomic E-state index is 10.5. The zero-order chi connectivity index (χ0) is 24.0. The third kappa shape index (κ3) is 4.01. The number of halogens is 1. The Morgan fingerprint density at radius 3 is 2.76 bits per heavy atom. The van der Waals surface area contributed by atoms with E-state index in [1.807, 2.05) is 58.4 Å². The van der Waals surface area contributed by atoms with Crippen LogP contribution in [0.25, 0.3) is 16.7 Å². The highest BCUT2D eigenvalue weighted by Crippen LogP contribution is 2.32. The third-order valence-electron chi connectivity index (χ3n) is 6.99. The van der Waals surface area contributed by atoms with Crippen LogP contribution in [0.5, 0.6) is 0 Å². The van der Waals surface area contributed by atoms with Crippen molar-refractivity contribution >= 4 is 39.8 Å². The van der Waals surface area contributed by atoms with Crippen LogP contribution in [0.2, 0.25) is 5.02 Å². The molecule has 9 heteroatoms. The van der Waals surface area contributed by atoms with E-state index in [0.717, 1.165) is 64.4 Å². The van der Waals surface area contributed by atoms with Gasteiger partial charge in [0.25, 0.3) is 0 Å². The van der Waals surface area contributed by atoms with Crippen molar-refractivity contribution in [3.8, 4) is 5.82 Å². The molecule has 0 saturated heterocycles. The number of nitrogens with zero attached hydrogens (tertiary/aromatic N) is 6. The summed E-state index contributed by atoms with van der Waals surface area (Å²) in [4.78, 5) is 11.2. The lowest BCUT2D eigenvalue weighted by Crippen LogP contribution is -2.43. The third-order valence-corrected chi connectivity index (χ3v) is 7.47. The Morgan fingerprint density at radius 1 is 1.18 bits per heavy atom. The topological polar surface area (TPSA) is 84.0 Å². The average molecular weight is 480 g/mol. The molecule has 1 saturated carbocycles. The second-order valence-corrected chi connectivity index (χ2v) is 9.51. The normalized spacial score (nSPS) is 18.4. The molecule has 4 aromatic rings. The van der Waals surface area contributed by atoms with E-state index in [9.17, 15) is 5.11 Å². The maximum atomic E-state index is 10.5. The molecule has 2 atom stereocenters. The van der Waals surface area contributed by atoms with Gasteiger partial charge < -0.3 is 19.9 Å². The number of aryl methyl sites for hydroxylation is 2. The summed E-state index contributed by atoms with van der Waals surface area (Å²) in [6.45, 7) is 3.99. The Balaban J connectivity index is 1.40. The van der Waals surface area contributed by atoms with Gasteiger partial charge in [-0.2, -0.15) is 10.1 Å². The molecule has 5 rings (SSSR count). The number of hydrogen-bond donors (Lipinski definition) is 2. The minimum Gasteiger partial charge on any atom is -0.391 e. The van der Waals surface area contributed by atoms with Gasteiger partial charge in [0.15, 0.2) is 5.82 Å². The minimum atomic E-state index is -0.310. The summed E-state index contributed by atoms with van der Waals surface area (Å²) in [7, 11) is 4.04. The van der Waals surface area contributed by atoms with E-state index in [2.05, 4.69) is 24.8 Å². The van der Waals surface area contributed by atoms with Gasteiger partial charge in [0.05, 0.1) is 34.7 Å². The predicted molar refractivity (Wildman–Crippen MR) is 137 cm³/mol. The van der Waals surface area contributed by atoms with Crippen LogP contribution in [0.1, 0.15) is 37.1 Å². The summed E-state index contributed by atoms with van der Waals surface area (Å²) < 4.78 is 3.85. The molecule has 1 aromatic carbocycles. The second-order valence-electron chi connectivity index (χ2n) is 9.13. The molecule has 3 heterocycles. The number of nitrogens with one attached hydrogen (secondary N) is 1. The summed E-state index contributed by atoms with van der Waals surface area (Å²) in [6.07, 6.45) is 7.44. The fourth-order valence-electron chi connectivity index (χ4n) is 4.91. The number of anilines is 3. The van der Waals surface area contributed by atoms with Crippen molar-refractivity contribution in [2.24, 2.45) is 7.05 Å². The van der Waals surface area contributed by atoms with Gasteiger partial charge in [-0.3, -0.25) is 0 Å². The van der Waals surface area contributed by atoms with E-state index in [0.29, 0.717) is 11.8 Å². The summed E-state index contributed by atoms with van der Waals surface area (Å²) in [5.74, 6) is 1.14. The zero-order valence-corrected chi connectivity index (χ0v) is 20.7. The van der Waals surface area contributed by atoms with Crippen LogP contribution in [-0.2, 0) is 7.05 Å². The quantitative estimate of drug-likeness (QED) is 0.423. The molecule has 0 radical (unpaired) electrons. The molecule has 0 aliphatic heterocycles. The minimum absolute atomic E-state index is 0.107. The first-order valence-electron chi connectivity index (χ1n) is 11.7. The Morgan fingerprint density at radius 2 is 1.97 bits per heavy atom. The molecule has 8 nitrogen and oxygen atoms in total. The summed E-state index contributed by atoms with van der Waals surface area (Å²) in [6, 6.07) is 7.99. The number of aliphatic hydroxyl groups excluding tert-OH is 1. The Hall–Kier alpha value is -3.10. The number of aromatic nitrogens is 5. The molecule has 0 unspecified atom stereocenters. The average Bonchev–Trinajstić information content (AvgIpc) is 3.33. The number of aliphatic hydroxyl groups is 1. The maximum Gasteiger partial charge on any atom is 0.229 e. The summed E-state index contributed by atoms with van der Waals surface area (Å²) in [5.41, 5.74) is 4.86. The van der Waals surface area contributed by atoms with Gasteiger partial charge in [0.2, 0.25) is 5.95 Å². The van der Waals surface area contributed by atoms with Crippen molar-refractivity contribution in [3.63, 3.8) is 0 Å². The molecular formula is C25H30ClN7O. The van der Waals surface area contributed by atoms with Gasteiger partial charge in [-0.05, 0) is 44.9 Å². The van der Waals surface area contributed by atoms with Crippen LogP contribution >= 0.6 is 11.6 Å². The first kappa shape index (κ1) is 22.7. The van der Waals surface area contributed by atoms with Crippen LogP contribution < -0.4 is 10.2 Å². The van der Waals surface area contributed by atoms with Crippen LogP contribution in [-0.4, -0.2) is 48.6 Å². The molecule has 0 spiro atoms. The van der Waals surface area contributed by atoms with E-state index in [4.69, 9.17) is 16.7 Å². The molecule has 34 heavy (non-hydrogen) atoms. The molecule has 1 aliphatic carbocycles. The molecular weight excluding hydrogens is 450 g/mol. The molecule has 1 fully saturated rings. The van der Waals surface area contributed by atoms with Gasteiger partial charge >= 0.3 is 0 Å². The van der Waals surface area contributed by atoms with Gasteiger partial charge in [0, 0.05) is 48.6 Å². The van der Waals surface area contributed by atoms with Gasteiger partial charge in [-0.15, -0.1) is 0 Å². The van der Waals surface area contributed by atoms with Gasteiger partial charge in [-0.1, -0.05) is 24.4 Å². The largest absolute Gasteiger partial charge is 0.391 e.